The maximum atomic E-state index is 12.0. The topological polar surface area (TPSA) is 102 Å². The number of benzene rings is 4. The largest absolute Gasteiger partial charge is 0.493 e. The van der Waals surface area contributed by atoms with Gasteiger partial charge in [-0.1, -0.05) is 43.3 Å². The first kappa shape index (κ1) is 29.9. The number of aryl methyl sites for hydroxylation is 1. The van der Waals surface area contributed by atoms with E-state index in [-0.39, 0.29) is 12.6 Å². The summed E-state index contributed by atoms with van der Waals surface area (Å²) < 4.78 is 22.4. The second-order valence-corrected chi connectivity index (χ2v) is 10.2. The molecule has 1 aromatic heterocycles. The number of hydrogen-bond acceptors (Lipinski definition) is 7. The Hall–Kier alpha value is -4.53. The summed E-state index contributed by atoms with van der Waals surface area (Å²) in [6.45, 7) is 6.56. The lowest BCUT2D eigenvalue weighted by Crippen LogP contribution is -2.31. The molecule has 0 fully saturated rings. The van der Waals surface area contributed by atoms with Crippen LogP contribution in [-0.2, 0) is 11.2 Å². The first-order chi connectivity index (χ1) is 21.1. The molecule has 0 spiro atoms. The van der Waals surface area contributed by atoms with Gasteiger partial charge in [0.05, 0.1) is 18.7 Å². The molecular weight excluding hydrogens is 544 g/mol. The SMILES string of the molecule is CCNC[C@H](O)COc1cccc2[nH]c3ccccc3c12.CCOC(=O)c1ccccc1Oc1ccc2c(c1)CCCO2. The van der Waals surface area contributed by atoms with Crippen molar-refractivity contribution >= 4 is 27.8 Å². The van der Waals surface area contributed by atoms with Gasteiger partial charge < -0.3 is 34.4 Å². The molecule has 0 saturated carbocycles. The Morgan fingerprint density at radius 2 is 1.77 bits per heavy atom. The summed E-state index contributed by atoms with van der Waals surface area (Å²) >= 11 is 0. The normalized spacial score (nSPS) is 12.9. The number of fused-ring (bicyclic) bond motifs is 4. The molecule has 8 heteroatoms. The van der Waals surface area contributed by atoms with Crippen LogP contribution in [0.2, 0.25) is 0 Å². The van der Waals surface area contributed by atoms with Crippen molar-refractivity contribution in [3.8, 4) is 23.0 Å². The van der Waals surface area contributed by atoms with E-state index in [0.29, 0.717) is 30.2 Å². The van der Waals surface area contributed by atoms with Gasteiger partial charge in [0.1, 0.15) is 41.3 Å². The predicted octanol–water partition coefficient (Wildman–Crippen LogP) is 6.65. The van der Waals surface area contributed by atoms with E-state index in [1.54, 1.807) is 25.1 Å². The number of nitrogens with one attached hydrogen (secondary N) is 2. The third-order valence-electron chi connectivity index (χ3n) is 7.04. The lowest BCUT2D eigenvalue weighted by molar-refractivity contribution is 0.0523. The van der Waals surface area contributed by atoms with Gasteiger partial charge >= 0.3 is 5.97 Å². The average molecular weight is 583 g/mol. The molecule has 1 aliphatic rings. The van der Waals surface area contributed by atoms with Crippen molar-refractivity contribution in [1.29, 1.82) is 0 Å². The number of hydrogen-bond donors (Lipinski definition) is 3. The lowest BCUT2D eigenvalue weighted by atomic mass is 10.1. The maximum Gasteiger partial charge on any atom is 0.341 e. The number of ether oxygens (including phenoxy) is 4. The molecule has 2 heterocycles. The van der Waals surface area contributed by atoms with Crippen molar-refractivity contribution in [2.24, 2.45) is 0 Å². The van der Waals surface area contributed by atoms with E-state index in [0.717, 1.165) is 64.9 Å². The minimum Gasteiger partial charge on any atom is -0.493 e. The van der Waals surface area contributed by atoms with Gasteiger partial charge in [0.2, 0.25) is 0 Å². The van der Waals surface area contributed by atoms with Crippen LogP contribution >= 0.6 is 0 Å². The summed E-state index contributed by atoms with van der Waals surface area (Å²) in [5, 5.41) is 15.2. The van der Waals surface area contributed by atoms with Crippen LogP contribution in [0.3, 0.4) is 0 Å². The van der Waals surface area contributed by atoms with E-state index in [1.165, 1.54) is 0 Å². The fraction of sp³-hybridized carbons (Fsp3) is 0.286. The van der Waals surface area contributed by atoms with Crippen LogP contribution < -0.4 is 19.5 Å². The van der Waals surface area contributed by atoms with Crippen LogP contribution in [0.1, 0.15) is 36.2 Å². The zero-order chi connectivity index (χ0) is 30.0. The number of esters is 1. The van der Waals surface area contributed by atoms with Crippen molar-refractivity contribution in [3.05, 3.63) is 96.1 Å². The molecule has 4 aromatic carbocycles. The number of aliphatic hydroxyl groups is 1. The second kappa shape index (κ2) is 14.6. The molecule has 0 aliphatic carbocycles. The Kier molecular flexibility index (Phi) is 10.2. The molecule has 43 heavy (non-hydrogen) atoms. The predicted molar refractivity (Wildman–Crippen MR) is 169 cm³/mol. The molecule has 0 radical (unpaired) electrons. The zero-order valence-corrected chi connectivity index (χ0v) is 24.6. The number of carbonyl (C=O) groups excluding carboxylic acids is 1. The van der Waals surface area contributed by atoms with Crippen molar-refractivity contribution in [1.82, 2.24) is 10.3 Å². The summed E-state index contributed by atoms with van der Waals surface area (Å²) in [5.41, 5.74) is 3.71. The van der Waals surface area contributed by atoms with E-state index in [4.69, 9.17) is 18.9 Å². The first-order valence-electron chi connectivity index (χ1n) is 14.8. The Morgan fingerprint density at radius 3 is 2.63 bits per heavy atom. The van der Waals surface area contributed by atoms with Gasteiger partial charge in [-0.05, 0) is 80.4 Å². The van der Waals surface area contributed by atoms with Crippen LogP contribution in [0, 0.1) is 0 Å². The minimum absolute atomic E-state index is 0.283. The Balaban J connectivity index is 0.000000171. The number of aliphatic hydroxyl groups excluding tert-OH is 1. The van der Waals surface area contributed by atoms with Crippen LogP contribution in [0.15, 0.2) is 84.9 Å². The first-order valence-corrected chi connectivity index (χ1v) is 14.8. The third kappa shape index (κ3) is 7.46. The summed E-state index contributed by atoms with van der Waals surface area (Å²) in [7, 11) is 0. The maximum absolute atomic E-state index is 12.0. The lowest BCUT2D eigenvalue weighted by Gasteiger charge is -2.18. The quantitative estimate of drug-likeness (QED) is 0.159. The van der Waals surface area contributed by atoms with E-state index < -0.39 is 6.10 Å². The van der Waals surface area contributed by atoms with E-state index in [9.17, 15) is 9.90 Å². The number of aromatic nitrogens is 1. The molecule has 3 N–H and O–H groups in total. The fourth-order valence-corrected chi connectivity index (χ4v) is 5.00. The number of para-hydroxylation sites is 2. The highest BCUT2D eigenvalue weighted by Crippen LogP contribution is 2.34. The summed E-state index contributed by atoms with van der Waals surface area (Å²) in [4.78, 5) is 15.4. The summed E-state index contributed by atoms with van der Waals surface area (Å²) in [6.07, 6.45) is 1.48. The monoisotopic (exact) mass is 582 g/mol. The molecule has 8 nitrogen and oxygen atoms in total. The fourth-order valence-electron chi connectivity index (χ4n) is 5.00. The van der Waals surface area contributed by atoms with Gasteiger partial charge in [-0.2, -0.15) is 0 Å². The Morgan fingerprint density at radius 1 is 0.977 bits per heavy atom. The van der Waals surface area contributed by atoms with E-state index in [1.807, 2.05) is 61.5 Å². The second-order valence-electron chi connectivity index (χ2n) is 10.2. The molecule has 6 rings (SSSR count). The molecule has 5 aromatic rings. The number of rotatable bonds is 10. The van der Waals surface area contributed by atoms with Gasteiger partial charge in [-0.3, -0.25) is 0 Å². The number of aromatic amines is 1. The highest BCUT2D eigenvalue weighted by molar-refractivity contribution is 6.10. The average Bonchev–Trinajstić information content (AvgIpc) is 3.43. The van der Waals surface area contributed by atoms with Crippen LogP contribution in [0.25, 0.3) is 21.8 Å². The van der Waals surface area contributed by atoms with Gasteiger partial charge in [-0.15, -0.1) is 0 Å². The molecule has 1 aliphatic heterocycles. The van der Waals surface area contributed by atoms with Gasteiger partial charge in [0.15, 0.2) is 0 Å². The van der Waals surface area contributed by atoms with Crippen LogP contribution in [-0.4, -0.2) is 55.1 Å². The Labute approximate surface area is 251 Å². The van der Waals surface area contributed by atoms with Gasteiger partial charge in [0, 0.05) is 22.8 Å². The molecular formula is C35H38N2O6. The van der Waals surface area contributed by atoms with Crippen molar-refractivity contribution in [2.75, 3.05) is 32.9 Å². The van der Waals surface area contributed by atoms with Crippen molar-refractivity contribution in [3.63, 3.8) is 0 Å². The van der Waals surface area contributed by atoms with Gasteiger partial charge in [0.25, 0.3) is 0 Å². The van der Waals surface area contributed by atoms with E-state index >= 15 is 0 Å². The number of H-pyrrole nitrogens is 1. The smallest absolute Gasteiger partial charge is 0.341 e. The molecule has 1 atom stereocenters. The van der Waals surface area contributed by atoms with E-state index in [2.05, 4.69) is 22.4 Å². The minimum atomic E-state index is -0.509. The highest BCUT2D eigenvalue weighted by atomic mass is 16.5. The third-order valence-corrected chi connectivity index (χ3v) is 7.04. The van der Waals surface area contributed by atoms with Crippen LogP contribution in [0.4, 0.5) is 0 Å². The van der Waals surface area contributed by atoms with Crippen LogP contribution in [0.5, 0.6) is 23.0 Å². The van der Waals surface area contributed by atoms with Gasteiger partial charge in [-0.25, -0.2) is 4.79 Å². The zero-order valence-electron chi connectivity index (χ0n) is 24.6. The Bertz CT molecular complexity index is 1660. The highest BCUT2D eigenvalue weighted by Gasteiger charge is 2.16. The van der Waals surface area contributed by atoms with Crippen molar-refractivity contribution in [2.45, 2.75) is 32.8 Å². The molecule has 224 valence electrons. The molecule has 0 bridgehead atoms. The molecule has 0 unspecified atom stereocenters. The molecule has 0 saturated heterocycles. The summed E-state index contributed by atoms with van der Waals surface area (Å²) in [5.74, 6) is 2.54. The van der Waals surface area contributed by atoms with Crippen molar-refractivity contribution < 1.29 is 28.8 Å². The number of likely N-dealkylation sites (N-methyl/N-ethyl adjacent to an activating group) is 1. The molecule has 0 amide bonds. The summed E-state index contributed by atoms with van der Waals surface area (Å²) in [6, 6.07) is 26.9. The standard InChI is InChI=1S/C18H18O4.C17H20N2O2/c1-2-20-18(19)15-7-3-4-8-17(15)22-14-9-10-16-13(12-14)6-5-11-21-16;1-2-18-10-12(20)11-21-16-9-5-8-15-17(16)13-6-3-4-7-14(13)19-15/h3-4,7-10,12H,2,5-6,11H2,1H3;3-9,12,18-20H,2,10-11H2,1H3/t;12-/m.0/s1. The number of carbonyl (C=O) groups is 1.